The fraction of sp³-hybridized carbons (Fsp3) is 0.524. The van der Waals surface area contributed by atoms with Crippen LogP contribution in [0.15, 0.2) is 36.5 Å². The Morgan fingerprint density at radius 1 is 1.30 bits per heavy atom. The van der Waals surface area contributed by atoms with E-state index in [0.29, 0.717) is 11.7 Å². The smallest absolute Gasteiger partial charge is 0.264 e. The fourth-order valence-electron chi connectivity index (χ4n) is 3.55. The van der Waals surface area contributed by atoms with Gasteiger partial charge in [0, 0.05) is 5.70 Å². The molecule has 2 heterocycles. The second-order valence-corrected chi connectivity index (χ2v) is 10.3. The first-order chi connectivity index (χ1) is 12.6. The molecule has 0 bridgehead atoms. The molecule has 6 heteroatoms. The standard InChI is InChI=1S/C21H26N2O3S/c1-12-21(4,5)27-18-16(17(24)23(12)18)22-19(25)20(2,3)26-15-10-8-14(9-11-15)13-6-7-13/h8-11,13,16,18H,1,6-7H2,2-5H3,(H,22,25)/t16-,18-/m1/s1. The van der Waals surface area contributed by atoms with E-state index in [1.807, 2.05) is 26.0 Å². The Morgan fingerprint density at radius 2 is 1.93 bits per heavy atom. The van der Waals surface area contributed by atoms with Crippen LogP contribution < -0.4 is 10.1 Å². The number of β-lactam (4-membered cyclic amide) rings is 1. The Kier molecular flexibility index (Phi) is 4.11. The van der Waals surface area contributed by atoms with Crippen LogP contribution in [0.25, 0.3) is 0 Å². The molecule has 27 heavy (non-hydrogen) atoms. The number of ether oxygens (including phenoxy) is 1. The average Bonchev–Trinajstić information content (AvgIpc) is 3.41. The molecule has 0 spiro atoms. The second-order valence-electron chi connectivity index (χ2n) is 8.58. The van der Waals surface area contributed by atoms with Gasteiger partial charge in [-0.1, -0.05) is 18.7 Å². The molecule has 0 aromatic heterocycles. The Labute approximate surface area is 164 Å². The van der Waals surface area contributed by atoms with E-state index in [-0.39, 0.29) is 21.9 Å². The highest BCUT2D eigenvalue weighted by atomic mass is 32.2. The summed E-state index contributed by atoms with van der Waals surface area (Å²) in [5, 5.41) is 2.79. The number of carbonyl (C=O) groups excluding carboxylic acids is 2. The van der Waals surface area contributed by atoms with E-state index >= 15 is 0 Å². The molecule has 144 valence electrons. The van der Waals surface area contributed by atoms with Gasteiger partial charge in [-0.25, -0.2) is 0 Å². The minimum atomic E-state index is -1.07. The maximum absolute atomic E-state index is 12.8. The van der Waals surface area contributed by atoms with Crippen LogP contribution >= 0.6 is 11.8 Å². The number of thioether (sulfide) groups is 1. The summed E-state index contributed by atoms with van der Waals surface area (Å²) in [4.78, 5) is 27.0. The number of benzene rings is 1. The summed E-state index contributed by atoms with van der Waals surface area (Å²) >= 11 is 1.65. The van der Waals surface area contributed by atoms with Gasteiger partial charge in [0.15, 0.2) is 5.60 Å². The van der Waals surface area contributed by atoms with Crippen LogP contribution in [0.2, 0.25) is 0 Å². The molecule has 5 nitrogen and oxygen atoms in total. The zero-order chi connectivity index (χ0) is 19.6. The van der Waals surface area contributed by atoms with Crippen LogP contribution in [-0.2, 0) is 9.59 Å². The minimum Gasteiger partial charge on any atom is -0.478 e. The molecule has 2 saturated heterocycles. The van der Waals surface area contributed by atoms with Gasteiger partial charge in [0.2, 0.25) is 0 Å². The maximum Gasteiger partial charge on any atom is 0.264 e. The molecule has 1 aromatic carbocycles. The van der Waals surface area contributed by atoms with Crippen LogP contribution in [0, 0.1) is 0 Å². The first kappa shape index (κ1) is 18.4. The van der Waals surface area contributed by atoms with Gasteiger partial charge >= 0.3 is 0 Å². The monoisotopic (exact) mass is 386 g/mol. The summed E-state index contributed by atoms with van der Waals surface area (Å²) in [6, 6.07) is 7.44. The van der Waals surface area contributed by atoms with Crippen molar-refractivity contribution in [3.05, 3.63) is 42.1 Å². The van der Waals surface area contributed by atoms with Crippen molar-refractivity contribution in [3.8, 4) is 5.75 Å². The van der Waals surface area contributed by atoms with Gasteiger partial charge in [-0.15, -0.1) is 11.8 Å². The molecular weight excluding hydrogens is 360 g/mol. The fourth-order valence-corrected chi connectivity index (χ4v) is 5.04. The van der Waals surface area contributed by atoms with Crippen molar-refractivity contribution in [2.75, 3.05) is 0 Å². The molecule has 1 N–H and O–H groups in total. The van der Waals surface area contributed by atoms with Crippen molar-refractivity contribution in [2.45, 2.75) is 68.2 Å². The van der Waals surface area contributed by atoms with Crippen molar-refractivity contribution in [2.24, 2.45) is 0 Å². The van der Waals surface area contributed by atoms with Crippen LogP contribution in [0.4, 0.5) is 0 Å². The van der Waals surface area contributed by atoms with Crippen molar-refractivity contribution >= 4 is 23.6 Å². The lowest BCUT2D eigenvalue weighted by Crippen LogP contribution is -2.68. The molecule has 2 aliphatic heterocycles. The Bertz CT molecular complexity index is 811. The summed E-state index contributed by atoms with van der Waals surface area (Å²) < 4.78 is 5.74. The number of nitrogens with one attached hydrogen (secondary N) is 1. The lowest BCUT2D eigenvalue weighted by molar-refractivity contribution is -0.148. The predicted octanol–water partition coefficient (Wildman–Crippen LogP) is 3.41. The van der Waals surface area contributed by atoms with E-state index in [1.165, 1.54) is 18.4 Å². The number of carbonyl (C=O) groups is 2. The van der Waals surface area contributed by atoms with Crippen molar-refractivity contribution < 1.29 is 14.3 Å². The Balaban J connectivity index is 1.40. The first-order valence-corrected chi connectivity index (χ1v) is 10.3. The zero-order valence-electron chi connectivity index (χ0n) is 16.2. The molecule has 3 aliphatic rings. The highest BCUT2D eigenvalue weighted by Crippen LogP contribution is 2.52. The number of rotatable bonds is 5. The second kappa shape index (κ2) is 6.03. The Morgan fingerprint density at radius 3 is 2.52 bits per heavy atom. The topological polar surface area (TPSA) is 58.6 Å². The molecule has 2 amide bonds. The van der Waals surface area contributed by atoms with Crippen molar-refractivity contribution in [1.29, 1.82) is 0 Å². The van der Waals surface area contributed by atoms with E-state index in [2.05, 4.69) is 24.0 Å². The molecule has 4 rings (SSSR count). The highest BCUT2D eigenvalue weighted by molar-refractivity contribution is 8.01. The third-order valence-electron chi connectivity index (χ3n) is 5.58. The van der Waals surface area contributed by atoms with E-state index in [9.17, 15) is 9.59 Å². The zero-order valence-corrected chi connectivity index (χ0v) is 17.1. The number of nitrogens with zero attached hydrogens (tertiary/aromatic N) is 1. The Hall–Kier alpha value is -1.95. The van der Waals surface area contributed by atoms with Crippen LogP contribution in [-0.4, -0.2) is 38.5 Å². The van der Waals surface area contributed by atoms with E-state index in [0.717, 1.165) is 5.70 Å². The van der Waals surface area contributed by atoms with Crippen molar-refractivity contribution in [1.82, 2.24) is 10.2 Å². The van der Waals surface area contributed by atoms with Gasteiger partial charge < -0.3 is 10.1 Å². The molecular formula is C21H26N2O3S. The van der Waals surface area contributed by atoms with Gasteiger partial charge in [-0.05, 0) is 64.2 Å². The minimum absolute atomic E-state index is 0.0856. The van der Waals surface area contributed by atoms with Crippen LogP contribution in [0.5, 0.6) is 5.75 Å². The average molecular weight is 387 g/mol. The number of hydrogen-bond donors (Lipinski definition) is 1. The van der Waals surface area contributed by atoms with Gasteiger partial charge in [-0.3, -0.25) is 14.5 Å². The van der Waals surface area contributed by atoms with Gasteiger partial charge in [0.05, 0.1) is 4.75 Å². The molecule has 1 aliphatic carbocycles. The van der Waals surface area contributed by atoms with Gasteiger partial charge in [0.1, 0.15) is 17.2 Å². The lowest BCUT2D eigenvalue weighted by Gasteiger charge is -2.42. The number of fused-ring (bicyclic) bond motifs is 1. The quantitative estimate of drug-likeness (QED) is 0.788. The number of hydrogen-bond acceptors (Lipinski definition) is 4. The van der Waals surface area contributed by atoms with Gasteiger partial charge in [-0.2, -0.15) is 0 Å². The van der Waals surface area contributed by atoms with E-state index in [1.54, 1.807) is 30.5 Å². The van der Waals surface area contributed by atoms with Crippen LogP contribution in [0.1, 0.15) is 52.0 Å². The normalized spacial score (nSPS) is 26.4. The summed E-state index contributed by atoms with van der Waals surface area (Å²) in [7, 11) is 0. The lowest BCUT2D eigenvalue weighted by atomic mass is 10.0. The maximum atomic E-state index is 12.8. The molecule has 2 atom stereocenters. The molecule has 1 aromatic rings. The molecule has 3 fully saturated rings. The molecule has 1 saturated carbocycles. The predicted molar refractivity (Wildman–Crippen MR) is 106 cm³/mol. The summed E-state index contributed by atoms with van der Waals surface area (Å²) in [5.74, 6) is 0.959. The number of amides is 2. The van der Waals surface area contributed by atoms with E-state index < -0.39 is 11.6 Å². The highest BCUT2D eigenvalue weighted by Gasteiger charge is 2.59. The third-order valence-corrected chi connectivity index (χ3v) is 7.13. The molecule has 0 radical (unpaired) electrons. The third kappa shape index (κ3) is 3.14. The van der Waals surface area contributed by atoms with Crippen molar-refractivity contribution in [3.63, 3.8) is 0 Å². The molecule has 0 unspecified atom stereocenters. The SMILES string of the molecule is C=C1N2C(=O)[C@@H](NC(=O)C(C)(C)Oc3ccc(C4CC4)cc3)[C@H]2SC1(C)C. The van der Waals surface area contributed by atoms with Gasteiger partial charge in [0.25, 0.3) is 11.8 Å². The first-order valence-electron chi connectivity index (χ1n) is 9.40. The summed E-state index contributed by atoms with van der Waals surface area (Å²) in [6.45, 7) is 11.6. The summed E-state index contributed by atoms with van der Waals surface area (Å²) in [5.41, 5.74) is 1.06. The largest absolute Gasteiger partial charge is 0.478 e. The van der Waals surface area contributed by atoms with E-state index in [4.69, 9.17) is 4.74 Å². The summed E-state index contributed by atoms with van der Waals surface area (Å²) in [6.07, 6.45) is 2.51. The van der Waals surface area contributed by atoms with Crippen LogP contribution in [0.3, 0.4) is 0 Å².